The number of imidazole rings is 1. The molecule has 2 bridgehead atoms. The zero-order valence-corrected chi connectivity index (χ0v) is 13.4. The highest BCUT2D eigenvalue weighted by atomic mass is 15.2. The molecule has 0 amide bonds. The monoisotopic (exact) mass is 287 g/mol. The van der Waals surface area contributed by atoms with E-state index in [0.29, 0.717) is 6.04 Å². The highest BCUT2D eigenvalue weighted by Gasteiger charge is 2.39. The van der Waals surface area contributed by atoms with E-state index in [-0.39, 0.29) is 0 Å². The number of hydrogen-bond acceptors (Lipinski definition) is 2. The standard InChI is InChI=1S/C18H29N3/c1-13-12-21(17-5-3-2-4-6-17)18(20-13)19-11-16-10-14-7-8-15(16)9-14/h12,14-17H,2-11H2,1H3,(H,19,20). The van der Waals surface area contributed by atoms with E-state index in [4.69, 9.17) is 4.98 Å². The lowest BCUT2D eigenvalue weighted by atomic mass is 9.89. The molecule has 1 aromatic rings. The Morgan fingerprint density at radius 1 is 1.14 bits per heavy atom. The summed E-state index contributed by atoms with van der Waals surface area (Å²) >= 11 is 0. The van der Waals surface area contributed by atoms with Crippen molar-refractivity contribution in [3.8, 4) is 0 Å². The largest absolute Gasteiger partial charge is 0.355 e. The Morgan fingerprint density at radius 2 is 2.00 bits per heavy atom. The molecule has 3 atom stereocenters. The van der Waals surface area contributed by atoms with Crippen LogP contribution in [0.2, 0.25) is 0 Å². The van der Waals surface area contributed by atoms with Crippen molar-refractivity contribution in [2.75, 3.05) is 11.9 Å². The third kappa shape index (κ3) is 2.72. The van der Waals surface area contributed by atoms with Crippen molar-refractivity contribution in [3.05, 3.63) is 11.9 Å². The Labute approximate surface area is 128 Å². The molecular weight excluding hydrogens is 258 g/mol. The zero-order valence-electron chi connectivity index (χ0n) is 13.4. The smallest absolute Gasteiger partial charge is 0.203 e. The van der Waals surface area contributed by atoms with Gasteiger partial charge in [0.1, 0.15) is 0 Å². The van der Waals surface area contributed by atoms with Gasteiger partial charge in [0.15, 0.2) is 0 Å². The van der Waals surface area contributed by atoms with Crippen molar-refractivity contribution in [2.24, 2.45) is 17.8 Å². The van der Waals surface area contributed by atoms with Gasteiger partial charge in [-0.15, -0.1) is 0 Å². The van der Waals surface area contributed by atoms with E-state index in [2.05, 4.69) is 23.0 Å². The molecule has 3 fully saturated rings. The fraction of sp³-hybridized carbons (Fsp3) is 0.833. The molecule has 1 heterocycles. The Bertz CT molecular complexity index is 487. The van der Waals surface area contributed by atoms with Gasteiger partial charge in [0.25, 0.3) is 0 Å². The molecule has 3 saturated carbocycles. The van der Waals surface area contributed by atoms with Gasteiger partial charge >= 0.3 is 0 Å². The van der Waals surface area contributed by atoms with Gasteiger partial charge in [0.05, 0.1) is 5.69 Å². The maximum atomic E-state index is 4.76. The predicted octanol–water partition coefficient (Wildman–Crippen LogP) is 4.54. The predicted molar refractivity (Wildman–Crippen MR) is 86.5 cm³/mol. The van der Waals surface area contributed by atoms with Crippen molar-refractivity contribution < 1.29 is 0 Å². The molecular formula is C18H29N3. The molecule has 1 aromatic heterocycles. The molecule has 21 heavy (non-hydrogen) atoms. The minimum absolute atomic E-state index is 0.683. The molecule has 3 aliphatic rings. The van der Waals surface area contributed by atoms with Crippen LogP contribution in [-0.2, 0) is 0 Å². The number of nitrogens with zero attached hydrogens (tertiary/aromatic N) is 2. The molecule has 0 aliphatic heterocycles. The van der Waals surface area contributed by atoms with Crippen LogP contribution in [0.15, 0.2) is 6.20 Å². The van der Waals surface area contributed by atoms with E-state index in [1.54, 1.807) is 0 Å². The molecule has 1 N–H and O–H groups in total. The van der Waals surface area contributed by atoms with Gasteiger partial charge < -0.3 is 9.88 Å². The summed E-state index contributed by atoms with van der Waals surface area (Å²) in [5.41, 5.74) is 1.16. The van der Waals surface area contributed by atoms with Gasteiger partial charge in [-0.05, 0) is 56.8 Å². The minimum atomic E-state index is 0.683. The summed E-state index contributed by atoms with van der Waals surface area (Å²) in [5.74, 6) is 4.09. The highest BCUT2D eigenvalue weighted by Crippen LogP contribution is 2.48. The van der Waals surface area contributed by atoms with Crippen LogP contribution in [0.1, 0.15) is 69.5 Å². The number of hydrogen-bond donors (Lipinski definition) is 1. The van der Waals surface area contributed by atoms with Crippen LogP contribution in [-0.4, -0.2) is 16.1 Å². The molecule has 0 radical (unpaired) electrons. The van der Waals surface area contributed by atoms with Crippen molar-refractivity contribution in [3.63, 3.8) is 0 Å². The Morgan fingerprint density at radius 3 is 2.71 bits per heavy atom. The Balaban J connectivity index is 1.42. The number of anilines is 1. The Hall–Kier alpha value is -0.990. The van der Waals surface area contributed by atoms with E-state index in [9.17, 15) is 0 Å². The first-order valence-corrected chi connectivity index (χ1v) is 9.09. The molecule has 3 unspecified atom stereocenters. The summed E-state index contributed by atoms with van der Waals surface area (Å²) in [6.45, 7) is 3.27. The quantitative estimate of drug-likeness (QED) is 0.880. The average molecular weight is 287 g/mol. The summed E-state index contributed by atoms with van der Waals surface area (Å²) in [5, 5.41) is 3.71. The van der Waals surface area contributed by atoms with Crippen LogP contribution in [0.5, 0.6) is 0 Å². The molecule has 3 aliphatic carbocycles. The van der Waals surface area contributed by atoms with E-state index in [1.165, 1.54) is 57.8 Å². The molecule has 4 rings (SSSR count). The average Bonchev–Trinajstić information content (AvgIpc) is 3.21. The minimum Gasteiger partial charge on any atom is -0.355 e. The summed E-state index contributed by atoms with van der Waals surface area (Å²) in [6, 6.07) is 0.683. The molecule has 0 saturated heterocycles. The topological polar surface area (TPSA) is 29.9 Å². The van der Waals surface area contributed by atoms with Crippen LogP contribution < -0.4 is 5.32 Å². The third-order valence-corrected chi connectivity index (χ3v) is 6.23. The second-order valence-corrected chi connectivity index (χ2v) is 7.72. The molecule has 3 nitrogen and oxygen atoms in total. The number of aromatic nitrogens is 2. The molecule has 0 spiro atoms. The lowest BCUT2D eigenvalue weighted by molar-refractivity contribution is 0.341. The maximum Gasteiger partial charge on any atom is 0.203 e. The van der Waals surface area contributed by atoms with Crippen LogP contribution in [0.4, 0.5) is 5.95 Å². The van der Waals surface area contributed by atoms with E-state index < -0.39 is 0 Å². The van der Waals surface area contributed by atoms with Gasteiger partial charge in [0, 0.05) is 18.8 Å². The first-order chi connectivity index (χ1) is 10.3. The second-order valence-electron chi connectivity index (χ2n) is 7.72. The fourth-order valence-corrected chi connectivity index (χ4v) is 5.13. The van der Waals surface area contributed by atoms with E-state index in [0.717, 1.165) is 35.9 Å². The number of nitrogens with one attached hydrogen (secondary N) is 1. The van der Waals surface area contributed by atoms with E-state index >= 15 is 0 Å². The molecule has 3 heteroatoms. The normalized spacial score (nSPS) is 32.7. The van der Waals surface area contributed by atoms with Crippen molar-refractivity contribution in [1.82, 2.24) is 9.55 Å². The maximum absolute atomic E-state index is 4.76. The van der Waals surface area contributed by atoms with Crippen LogP contribution >= 0.6 is 0 Å². The summed E-state index contributed by atoms with van der Waals surface area (Å²) < 4.78 is 2.45. The zero-order chi connectivity index (χ0) is 14.2. The second kappa shape index (κ2) is 5.66. The number of aryl methyl sites for hydroxylation is 1. The summed E-state index contributed by atoms with van der Waals surface area (Å²) in [6.07, 6.45) is 15.0. The molecule has 0 aromatic carbocycles. The van der Waals surface area contributed by atoms with Gasteiger partial charge in [-0.3, -0.25) is 0 Å². The van der Waals surface area contributed by atoms with Crippen LogP contribution in [0.3, 0.4) is 0 Å². The van der Waals surface area contributed by atoms with Gasteiger partial charge in [0.2, 0.25) is 5.95 Å². The van der Waals surface area contributed by atoms with Crippen molar-refractivity contribution >= 4 is 5.95 Å². The van der Waals surface area contributed by atoms with Crippen LogP contribution in [0.25, 0.3) is 0 Å². The van der Waals surface area contributed by atoms with Gasteiger partial charge in [-0.2, -0.15) is 0 Å². The van der Waals surface area contributed by atoms with Crippen LogP contribution in [0, 0.1) is 24.7 Å². The van der Waals surface area contributed by atoms with E-state index in [1.807, 2.05) is 0 Å². The Kier molecular flexibility index (Phi) is 3.68. The number of fused-ring (bicyclic) bond motifs is 2. The van der Waals surface area contributed by atoms with Crippen molar-refractivity contribution in [2.45, 2.75) is 70.8 Å². The fourth-order valence-electron chi connectivity index (χ4n) is 5.13. The SMILES string of the molecule is Cc1cn(C2CCCCC2)c(NCC2CC3CCC2C3)n1. The molecule has 116 valence electrons. The third-order valence-electron chi connectivity index (χ3n) is 6.23. The first-order valence-electron chi connectivity index (χ1n) is 9.09. The van der Waals surface area contributed by atoms with Gasteiger partial charge in [-0.25, -0.2) is 4.98 Å². The van der Waals surface area contributed by atoms with Gasteiger partial charge in [-0.1, -0.05) is 25.7 Å². The van der Waals surface area contributed by atoms with Crippen molar-refractivity contribution in [1.29, 1.82) is 0 Å². The number of rotatable bonds is 4. The lowest BCUT2D eigenvalue weighted by Gasteiger charge is -2.26. The first kappa shape index (κ1) is 13.7. The summed E-state index contributed by atoms with van der Waals surface area (Å²) in [7, 11) is 0. The summed E-state index contributed by atoms with van der Waals surface area (Å²) in [4.78, 5) is 4.76. The lowest BCUT2D eigenvalue weighted by Crippen LogP contribution is -2.23. The highest BCUT2D eigenvalue weighted by molar-refractivity contribution is 5.30.